The van der Waals surface area contributed by atoms with Crippen LogP contribution in [0.25, 0.3) is 0 Å². The van der Waals surface area contributed by atoms with Gasteiger partial charge in [-0.15, -0.1) is 0 Å². The van der Waals surface area contributed by atoms with Crippen molar-refractivity contribution in [2.75, 3.05) is 20.2 Å². The molecule has 5 heteroatoms. The number of aldehydes is 1. The zero-order valence-electron chi connectivity index (χ0n) is 10.5. The Morgan fingerprint density at radius 2 is 1.67 bits per heavy atom. The third-order valence-corrected chi connectivity index (χ3v) is 0.568. The van der Waals surface area contributed by atoms with Crippen molar-refractivity contribution in [3.8, 4) is 0 Å². The van der Waals surface area contributed by atoms with Crippen LogP contribution in [0.15, 0.2) is 0 Å². The molecule has 5 nitrogen and oxygen atoms in total. The van der Waals surface area contributed by atoms with Gasteiger partial charge in [0.05, 0.1) is 13.1 Å². The lowest BCUT2D eigenvalue weighted by molar-refractivity contribution is -0.121. The second-order valence-corrected chi connectivity index (χ2v) is 1.88. The monoisotopic (exact) mass is 222 g/mol. The summed E-state index contributed by atoms with van der Waals surface area (Å²) in [5, 5.41) is 9.25. The van der Waals surface area contributed by atoms with Crippen molar-refractivity contribution in [2.24, 2.45) is 5.73 Å². The van der Waals surface area contributed by atoms with Gasteiger partial charge >= 0.3 is 0 Å². The number of carbonyl (C=O) groups excluding carboxylic acids is 2. The van der Waals surface area contributed by atoms with Gasteiger partial charge in [-0.1, -0.05) is 34.1 Å². The highest BCUT2D eigenvalue weighted by Gasteiger charge is 1.91. The summed E-state index contributed by atoms with van der Waals surface area (Å²) in [4.78, 5) is 19.7. The molecule has 0 aliphatic carbocycles. The lowest BCUT2D eigenvalue weighted by Crippen LogP contribution is -2.31. The molecule has 1 amide bonds. The summed E-state index contributed by atoms with van der Waals surface area (Å²) in [7, 11) is 1.00. The van der Waals surface area contributed by atoms with E-state index in [0.29, 0.717) is 6.29 Å². The Morgan fingerprint density at radius 3 is 1.87 bits per heavy atom. The minimum Gasteiger partial charge on any atom is -0.400 e. The fourth-order valence-electron chi connectivity index (χ4n) is 0.228. The van der Waals surface area contributed by atoms with E-state index in [0.717, 1.165) is 7.11 Å². The number of aliphatic hydroxyl groups excluding tert-OH is 1. The average Bonchev–Trinajstić information content (AvgIpc) is 2.32. The van der Waals surface area contributed by atoms with Gasteiger partial charge in [0.1, 0.15) is 6.29 Å². The van der Waals surface area contributed by atoms with Gasteiger partial charge in [0.25, 0.3) is 0 Å². The Hall–Kier alpha value is -0.940. The highest BCUT2D eigenvalue weighted by molar-refractivity contribution is 5.79. The van der Waals surface area contributed by atoms with E-state index in [1.165, 1.54) is 6.42 Å². The Labute approximate surface area is 93.0 Å². The van der Waals surface area contributed by atoms with Crippen molar-refractivity contribution in [1.29, 1.82) is 0 Å². The Balaban J connectivity index is -0.0000000726. The molecule has 15 heavy (non-hydrogen) atoms. The van der Waals surface area contributed by atoms with Gasteiger partial charge in [-0.25, -0.2) is 0 Å². The van der Waals surface area contributed by atoms with Crippen molar-refractivity contribution in [3.05, 3.63) is 0 Å². The van der Waals surface area contributed by atoms with Crippen LogP contribution in [0.2, 0.25) is 0 Å². The van der Waals surface area contributed by atoms with E-state index in [-0.39, 0.29) is 19.0 Å². The SMILES string of the molecule is CC.CCC.CO.NCC(=O)NCC=O. The summed E-state index contributed by atoms with van der Waals surface area (Å²) in [6.45, 7) is 8.24. The Kier molecular flexibility index (Phi) is 60.2. The van der Waals surface area contributed by atoms with Crippen LogP contribution in [0.3, 0.4) is 0 Å². The van der Waals surface area contributed by atoms with Gasteiger partial charge in [0.2, 0.25) is 5.91 Å². The van der Waals surface area contributed by atoms with Crippen LogP contribution in [-0.4, -0.2) is 37.5 Å². The molecule has 0 aromatic heterocycles. The molecule has 0 unspecified atom stereocenters. The molecular weight excluding hydrogens is 196 g/mol. The fraction of sp³-hybridized carbons (Fsp3) is 0.800. The minimum absolute atomic E-state index is 0.0516. The molecular formula is C10H26N2O3. The predicted octanol–water partition coefficient (Wildman–Crippen LogP) is 0.311. The zero-order chi connectivity index (χ0) is 13.1. The van der Waals surface area contributed by atoms with Crippen LogP contribution in [0.5, 0.6) is 0 Å². The first-order chi connectivity index (χ1) is 7.22. The second-order valence-electron chi connectivity index (χ2n) is 1.88. The van der Waals surface area contributed by atoms with E-state index >= 15 is 0 Å². The van der Waals surface area contributed by atoms with Crippen molar-refractivity contribution in [1.82, 2.24) is 5.32 Å². The molecule has 0 spiro atoms. The highest BCUT2D eigenvalue weighted by atomic mass is 16.2. The average molecular weight is 222 g/mol. The fourth-order valence-corrected chi connectivity index (χ4v) is 0.228. The molecule has 0 bridgehead atoms. The number of carbonyl (C=O) groups is 2. The first kappa shape index (κ1) is 23.7. The standard InChI is InChI=1S/C4H8N2O2.C3H8.C2H6.CH4O/c5-3-4(8)6-1-2-7;1-3-2;2*1-2/h2H,1,3,5H2,(H,6,8);3H2,1-2H3;1-2H3;2H,1H3. The van der Waals surface area contributed by atoms with Crippen LogP contribution < -0.4 is 11.1 Å². The zero-order valence-corrected chi connectivity index (χ0v) is 10.5. The maximum Gasteiger partial charge on any atom is 0.234 e. The maximum absolute atomic E-state index is 10.2. The topological polar surface area (TPSA) is 92.4 Å². The third-order valence-electron chi connectivity index (χ3n) is 0.568. The lowest BCUT2D eigenvalue weighted by atomic mass is 10.6. The van der Waals surface area contributed by atoms with Crippen LogP contribution in [0, 0.1) is 0 Å². The van der Waals surface area contributed by atoms with E-state index in [4.69, 9.17) is 10.8 Å². The van der Waals surface area contributed by atoms with Crippen LogP contribution in [-0.2, 0) is 9.59 Å². The molecule has 0 aromatic rings. The van der Waals surface area contributed by atoms with Crippen molar-refractivity contribution >= 4 is 12.2 Å². The smallest absolute Gasteiger partial charge is 0.234 e. The number of amides is 1. The quantitative estimate of drug-likeness (QED) is 0.599. The highest BCUT2D eigenvalue weighted by Crippen LogP contribution is 1.56. The molecule has 94 valence electrons. The molecule has 0 saturated heterocycles. The number of nitrogens with two attached hydrogens (primary N) is 1. The molecule has 0 heterocycles. The largest absolute Gasteiger partial charge is 0.400 e. The van der Waals surface area contributed by atoms with E-state index < -0.39 is 0 Å². The van der Waals surface area contributed by atoms with E-state index in [9.17, 15) is 9.59 Å². The van der Waals surface area contributed by atoms with Crippen molar-refractivity contribution in [3.63, 3.8) is 0 Å². The lowest BCUT2D eigenvalue weighted by Gasteiger charge is -1.93. The van der Waals surface area contributed by atoms with E-state index in [1.807, 2.05) is 13.8 Å². The number of nitrogens with one attached hydrogen (secondary N) is 1. The second kappa shape index (κ2) is 38.1. The molecule has 0 aliphatic rings. The number of hydrogen-bond acceptors (Lipinski definition) is 4. The maximum atomic E-state index is 10.2. The van der Waals surface area contributed by atoms with Crippen molar-refractivity contribution in [2.45, 2.75) is 34.1 Å². The Bertz CT molecular complexity index is 109. The molecule has 4 N–H and O–H groups in total. The first-order valence-corrected chi connectivity index (χ1v) is 5.07. The molecule has 0 aliphatic heterocycles. The first-order valence-electron chi connectivity index (χ1n) is 5.07. The van der Waals surface area contributed by atoms with E-state index in [1.54, 1.807) is 0 Å². The molecule has 0 atom stereocenters. The summed E-state index contributed by atoms with van der Waals surface area (Å²) in [6.07, 6.45) is 1.85. The van der Waals surface area contributed by atoms with Gasteiger partial charge in [0, 0.05) is 7.11 Å². The van der Waals surface area contributed by atoms with Gasteiger partial charge in [-0.3, -0.25) is 4.79 Å². The third kappa shape index (κ3) is 62.4. The Morgan fingerprint density at radius 1 is 1.33 bits per heavy atom. The van der Waals surface area contributed by atoms with Gasteiger partial charge in [-0.2, -0.15) is 0 Å². The molecule has 0 radical (unpaired) electrons. The summed E-state index contributed by atoms with van der Waals surface area (Å²) >= 11 is 0. The normalized spacial score (nSPS) is 6.33. The van der Waals surface area contributed by atoms with Crippen LogP contribution >= 0.6 is 0 Å². The molecule has 0 fully saturated rings. The van der Waals surface area contributed by atoms with Crippen LogP contribution in [0.4, 0.5) is 0 Å². The van der Waals surface area contributed by atoms with Gasteiger partial charge in [0.15, 0.2) is 0 Å². The predicted molar refractivity (Wildman–Crippen MR) is 63.6 cm³/mol. The van der Waals surface area contributed by atoms with Crippen LogP contribution in [0.1, 0.15) is 34.1 Å². The number of rotatable bonds is 3. The molecule has 0 saturated carbocycles. The molecule has 0 rings (SSSR count). The number of hydrogen-bond donors (Lipinski definition) is 3. The number of aliphatic hydroxyl groups is 1. The molecule has 0 aromatic carbocycles. The summed E-state index contributed by atoms with van der Waals surface area (Å²) in [5.41, 5.74) is 4.88. The minimum atomic E-state index is -0.308. The van der Waals surface area contributed by atoms with Crippen molar-refractivity contribution < 1.29 is 14.7 Å². The summed E-state index contributed by atoms with van der Waals surface area (Å²) in [6, 6.07) is 0. The van der Waals surface area contributed by atoms with Gasteiger partial charge < -0.3 is 21.0 Å². The van der Waals surface area contributed by atoms with E-state index in [2.05, 4.69) is 19.2 Å². The summed E-state index contributed by atoms with van der Waals surface area (Å²) < 4.78 is 0. The van der Waals surface area contributed by atoms with Gasteiger partial charge in [-0.05, 0) is 0 Å². The summed E-state index contributed by atoms with van der Waals surface area (Å²) in [5.74, 6) is -0.308.